The summed E-state index contributed by atoms with van der Waals surface area (Å²) in [6.07, 6.45) is 3.34. The number of amides is 1. The molecule has 0 radical (unpaired) electrons. The van der Waals surface area contributed by atoms with Gasteiger partial charge in [0.15, 0.2) is 5.16 Å². The van der Waals surface area contributed by atoms with Crippen molar-refractivity contribution in [1.29, 1.82) is 0 Å². The normalized spacial score (nSPS) is 12.0. The number of fused-ring (bicyclic) bond motifs is 1. The lowest BCUT2D eigenvalue weighted by atomic mass is 10.1. The molecule has 0 saturated heterocycles. The van der Waals surface area contributed by atoms with Crippen molar-refractivity contribution >= 4 is 34.1 Å². The number of thioether (sulfide) groups is 1. The average molecular weight is 309 g/mol. The van der Waals surface area contributed by atoms with E-state index in [1.165, 1.54) is 11.8 Å². The van der Waals surface area contributed by atoms with Gasteiger partial charge in [-0.25, -0.2) is 9.97 Å². The Balaban J connectivity index is 1.69. The van der Waals surface area contributed by atoms with Crippen LogP contribution in [0.2, 0.25) is 0 Å². The second-order valence-corrected chi connectivity index (χ2v) is 6.15. The zero-order valence-electron chi connectivity index (χ0n) is 12.1. The summed E-state index contributed by atoms with van der Waals surface area (Å²) < 4.78 is 0. The Bertz CT molecular complexity index is 792. The lowest BCUT2D eigenvalue weighted by molar-refractivity contribution is -0.115. The predicted molar refractivity (Wildman–Crippen MR) is 89.9 cm³/mol. The second-order valence-electron chi connectivity index (χ2n) is 4.84. The third-order valence-electron chi connectivity index (χ3n) is 3.21. The molecule has 4 nitrogen and oxygen atoms in total. The maximum Gasteiger partial charge on any atom is 0.237 e. The molecule has 22 heavy (non-hydrogen) atoms. The van der Waals surface area contributed by atoms with Crippen LogP contribution < -0.4 is 5.32 Å². The van der Waals surface area contributed by atoms with Crippen LogP contribution in [0.1, 0.15) is 6.92 Å². The summed E-state index contributed by atoms with van der Waals surface area (Å²) in [4.78, 5) is 20.5. The van der Waals surface area contributed by atoms with Crippen molar-refractivity contribution in [2.24, 2.45) is 0 Å². The fraction of sp³-hybridized carbons (Fsp3) is 0.118. The van der Waals surface area contributed by atoms with E-state index < -0.39 is 0 Å². The van der Waals surface area contributed by atoms with Gasteiger partial charge < -0.3 is 5.32 Å². The highest BCUT2D eigenvalue weighted by Gasteiger charge is 2.15. The zero-order chi connectivity index (χ0) is 15.4. The van der Waals surface area contributed by atoms with Gasteiger partial charge in [-0.1, -0.05) is 42.1 Å². The van der Waals surface area contributed by atoms with E-state index in [2.05, 4.69) is 15.3 Å². The number of aromatic nitrogens is 2. The molecule has 0 unspecified atom stereocenters. The lowest BCUT2D eigenvalue weighted by Crippen LogP contribution is -2.22. The number of benzene rings is 2. The van der Waals surface area contributed by atoms with E-state index in [0.29, 0.717) is 5.16 Å². The maximum atomic E-state index is 12.3. The third-order valence-corrected chi connectivity index (χ3v) is 4.20. The molecule has 0 aliphatic rings. The molecule has 0 spiro atoms. The Morgan fingerprint density at radius 3 is 2.55 bits per heavy atom. The number of hydrogen-bond donors (Lipinski definition) is 1. The predicted octanol–water partition coefficient (Wildman–Crippen LogP) is 3.75. The highest BCUT2D eigenvalue weighted by atomic mass is 32.2. The lowest BCUT2D eigenvalue weighted by Gasteiger charge is -2.11. The summed E-state index contributed by atoms with van der Waals surface area (Å²) in [5, 5.41) is 5.53. The van der Waals surface area contributed by atoms with Gasteiger partial charge in [-0.2, -0.15) is 0 Å². The van der Waals surface area contributed by atoms with Crippen molar-refractivity contribution in [3.05, 3.63) is 60.9 Å². The first-order valence-electron chi connectivity index (χ1n) is 6.96. The van der Waals surface area contributed by atoms with Crippen LogP contribution >= 0.6 is 11.8 Å². The third kappa shape index (κ3) is 3.43. The molecule has 5 heteroatoms. The van der Waals surface area contributed by atoms with Gasteiger partial charge in [-0.15, -0.1) is 0 Å². The minimum atomic E-state index is -0.270. The summed E-state index contributed by atoms with van der Waals surface area (Å²) in [6, 6.07) is 15.7. The molecule has 0 fully saturated rings. The quantitative estimate of drug-likeness (QED) is 0.589. The minimum Gasteiger partial charge on any atom is -0.325 e. The first-order chi connectivity index (χ1) is 10.7. The molecule has 1 aromatic heterocycles. The summed E-state index contributed by atoms with van der Waals surface area (Å²) >= 11 is 1.34. The molecule has 3 rings (SSSR count). The Kier molecular flexibility index (Phi) is 4.34. The number of nitrogens with zero attached hydrogens (tertiary/aromatic N) is 2. The molecule has 2 aromatic carbocycles. The number of carbonyl (C=O) groups is 1. The zero-order valence-corrected chi connectivity index (χ0v) is 12.9. The molecule has 0 bridgehead atoms. The van der Waals surface area contributed by atoms with Crippen molar-refractivity contribution < 1.29 is 4.79 Å². The topological polar surface area (TPSA) is 54.9 Å². The van der Waals surface area contributed by atoms with Crippen LogP contribution in [0.15, 0.2) is 66.1 Å². The molecule has 1 heterocycles. The van der Waals surface area contributed by atoms with E-state index in [0.717, 1.165) is 16.5 Å². The summed E-state index contributed by atoms with van der Waals surface area (Å²) in [5.41, 5.74) is 0.796. The largest absolute Gasteiger partial charge is 0.325 e. The van der Waals surface area contributed by atoms with Crippen LogP contribution in [0.5, 0.6) is 0 Å². The number of anilines is 1. The van der Waals surface area contributed by atoms with Crippen LogP contribution in [0.4, 0.5) is 5.69 Å². The maximum absolute atomic E-state index is 12.3. The van der Waals surface area contributed by atoms with E-state index in [-0.39, 0.29) is 11.2 Å². The number of rotatable bonds is 4. The van der Waals surface area contributed by atoms with Gasteiger partial charge >= 0.3 is 0 Å². The average Bonchev–Trinajstić information content (AvgIpc) is 2.55. The summed E-state index contributed by atoms with van der Waals surface area (Å²) in [6.45, 7) is 1.84. The SMILES string of the molecule is C[C@H](Sc1ncccn1)C(=O)Nc1ccc2ccccc2c1. The minimum absolute atomic E-state index is 0.0623. The Labute approximate surface area is 133 Å². The Morgan fingerprint density at radius 1 is 1.05 bits per heavy atom. The first-order valence-corrected chi connectivity index (χ1v) is 7.84. The smallest absolute Gasteiger partial charge is 0.237 e. The number of nitrogens with one attached hydrogen (secondary N) is 1. The van der Waals surface area contributed by atoms with E-state index in [1.54, 1.807) is 18.5 Å². The molecule has 0 aliphatic carbocycles. The van der Waals surface area contributed by atoms with Crippen LogP contribution in [-0.4, -0.2) is 21.1 Å². The fourth-order valence-corrected chi connectivity index (χ4v) is 2.79. The van der Waals surface area contributed by atoms with Gasteiger partial charge in [0.05, 0.1) is 5.25 Å². The second kappa shape index (κ2) is 6.58. The van der Waals surface area contributed by atoms with E-state index >= 15 is 0 Å². The molecule has 0 saturated carbocycles. The van der Waals surface area contributed by atoms with Crippen molar-refractivity contribution in [3.8, 4) is 0 Å². The molecule has 1 N–H and O–H groups in total. The molecule has 110 valence electrons. The first kappa shape index (κ1) is 14.5. The Hall–Kier alpha value is -2.40. The Morgan fingerprint density at radius 2 is 1.77 bits per heavy atom. The molecule has 3 aromatic rings. The number of carbonyl (C=O) groups excluding carboxylic acids is 1. The molecule has 0 aliphatic heterocycles. The van der Waals surface area contributed by atoms with Crippen molar-refractivity contribution in [2.75, 3.05) is 5.32 Å². The highest BCUT2D eigenvalue weighted by Crippen LogP contribution is 2.22. The standard InChI is InChI=1S/C17H15N3OS/c1-12(22-17-18-9-4-10-19-17)16(21)20-15-8-7-13-5-2-3-6-14(13)11-15/h2-12H,1H3,(H,20,21)/t12-/m0/s1. The van der Waals surface area contributed by atoms with Gasteiger partial charge in [0.25, 0.3) is 0 Å². The molecule has 1 atom stereocenters. The van der Waals surface area contributed by atoms with Crippen LogP contribution in [0.3, 0.4) is 0 Å². The van der Waals surface area contributed by atoms with Crippen LogP contribution in [0, 0.1) is 0 Å². The van der Waals surface area contributed by atoms with Gasteiger partial charge in [0, 0.05) is 18.1 Å². The molecule has 1 amide bonds. The van der Waals surface area contributed by atoms with Crippen molar-refractivity contribution in [3.63, 3.8) is 0 Å². The fourth-order valence-electron chi connectivity index (χ4n) is 2.07. The van der Waals surface area contributed by atoms with Crippen LogP contribution in [-0.2, 0) is 4.79 Å². The summed E-state index contributed by atoms with van der Waals surface area (Å²) in [7, 11) is 0. The monoisotopic (exact) mass is 309 g/mol. The van der Waals surface area contributed by atoms with Gasteiger partial charge in [-0.05, 0) is 35.9 Å². The van der Waals surface area contributed by atoms with Crippen LogP contribution in [0.25, 0.3) is 10.8 Å². The van der Waals surface area contributed by atoms with Gasteiger partial charge in [0.1, 0.15) is 0 Å². The summed E-state index contributed by atoms with van der Waals surface area (Å²) in [5.74, 6) is -0.0623. The van der Waals surface area contributed by atoms with Crippen molar-refractivity contribution in [1.82, 2.24) is 9.97 Å². The molecular weight excluding hydrogens is 294 g/mol. The van der Waals surface area contributed by atoms with Gasteiger partial charge in [-0.3, -0.25) is 4.79 Å². The van der Waals surface area contributed by atoms with E-state index in [4.69, 9.17) is 0 Å². The van der Waals surface area contributed by atoms with E-state index in [9.17, 15) is 4.79 Å². The van der Waals surface area contributed by atoms with Gasteiger partial charge in [0.2, 0.25) is 5.91 Å². The van der Waals surface area contributed by atoms with E-state index in [1.807, 2.05) is 49.4 Å². The molecular formula is C17H15N3OS. The number of hydrogen-bond acceptors (Lipinski definition) is 4. The van der Waals surface area contributed by atoms with Crippen molar-refractivity contribution in [2.45, 2.75) is 17.3 Å². The highest BCUT2D eigenvalue weighted by molar-refractivity contribution is 8.00.